The molecule has 6 heteroatoms. The highest BCUT2D eigenvalue weighted by Crippen LogP contribution is 2.21. The standard InChI is InChI=1S/C15H14BrNO3S/c1-17(14(18)11-8-13(16)21-9-11)7-6-10-4-2-3-5-12(10)15(19)20/h2-5,8-9H,6-7H2,1H3,(H,19,20). The van der Waals surface area contributed by atoms with E-state index in [9.17, 15) is 9.59 Å². The number of benzene rings is 1. The van der Waals surface area contributed by atoms with Gasteiger partial charge >= 0.3 is 5.97 Å². The van der Waals surface area contributed by atoms with Gasteiger partial charge in [0.2, 0.25) is 0 Å². The highest BCUT2D eigenvalue weighted by atomic mass is 79.9. The Balaban J connectivity index is 2.03. The lowest BCUT2D eigenvalue weighted by Gasteiger charge is -2.17. The van der Waals surface area contributed by atoms with E-state index in [0.29, 0.717) is 18.5 Å². The van der Waals surface area contributed by atoms with E-state index in [2.05, 4.69) is 15.9 Å². The van der Waals surface area contributed by atoms with E-state index in [4.69, 9.17) is 5.11 Å². The number of nitrogens with zero attached hydrogens (tertiary/aromatic N) is 1. The maximum Gasteiger partial charge on any atom is 0.335 e. The second-order valence-electron chi connectivity index (χ2n) is 4.58. The second kappa shape index (κ2) is 6.87. The molecule has 0 saturated carbocycles. The van der Waals surface area contributed by atoms with Crippen LogP contribution in [-0.4, -0.2) is 35.5 Å². The van der Waals surface area contributed by atoms with Gasteiger partial charge in [-0.3, -0.25) is 4.79 Å². The first-order valence-corrected chi connectivity index (χ1v) is 7.97. The number of carboxylic acids is 1. The SMILES string of the molecule is CN(CCc1ccccc1C(=O)O)C(=O)c1csc(Br)c1. The molecule has 0 aliphatic carbocycles. The smallest absolute Gasteiger partial charge is 0.335 e. The number of halogens is 1. The van der Waals surface area contributed by atoms with Gasteiger partial charge in [-0.25, -0.2) is 4.79 Å². The van der Waals surface area contributed by atoms with Crippen molar-refractivity contribution in [2.75, 3.05) is 13.6 Å². The van der Waals surface area contributed by atoms with Crippen LogP contribution in [0.5, 0.6) is 0 Å². The number of carbonyl (C=O) groups excluding carboxylic acids is 1. The predicted molar refractivity (Wildman–Crippen MR) is 86.1 cm³/mol. The number of carboxylic acid groups (broad SMARTS) is 1. The maximum atomic E-state index is 12.2. The fourth-order valence-electron chi connectivity index (χ4n) is 1.98. The van der Waals surface area contributed by atoms with Crippen LogP contribution in [-0.2, 0) is 6.42 Å². The Morgan fingerprint density at radius 1 is 1.33 bits per heavy atom. The quantitative estimate of drug-likeness (QED) is 0.879. The fraction of sp³-hybridized carbons (Fsp3) is 0.200. The van der Waals surface area contributed by atoms with E-state index in [1.54, 1.807) is 47.7 Å². The van der Waals surface area contributed by atoms with Crippen molar-refractivity contribution >= 4 is 39.1 Å². The van der Waals surface area contributed by atoms with Crippen LogP contribution in [0.25, 0.3) is 0 Å². The van der Waals surface area contributed by atoms with Crippen molar-refractivity contribution in [1.29, 1.82) is 0 Å². The maximum absolute atomic E-state index is 12.2. The number of likely N-dealkylation sites (N-methyl/N-ethyl adjacent to an activating group) is 1. The summed E-state index contributed by atoms with van der Waals surface area (Å²) in [5.41, 5.74) is 1.66. The molecule has 0 fully saturated rings. The number of amides is 1. The van der Waals surface area contributed by atoms with Crippen LogP contribution >= 0.6 is 27.3 Å². The summed E-state index contributed by atoms with van der Waals surface area (Å²) in [6.07, 6.45) is 0.510. The molecule has 1 aromatic carbocycles. The first kappa shape index (κ1) is 15.7. The van der Waals surface area contributed by atoms with Crippen LogP contribution < -0.4 is 0 Å². The van der Waals surface area contributed by atoms with Gasteiger partial charge in [-0.15, -0.1) is 11.3 Å². The third-order valence-electron chi connectivity index (χ3n) is 3.13. The largest absolute Gasteiger partial charge is 0.478 e. The number of carbonyl (C=O) groups is 2. The van der Waals surface area contributed by atoms with E-state index >= 15 is 0 Å². The van der Waals surface area contributed by atoms with Crippen LogP contribution in [0.2, 0.25) is 0 Å². The molecule has 1 aromatic heterocycles. The Hall–Kier alpha value is -1.66. The Bertz CT molecular complexity index is 668. The van der Waals surface area contributed by atoms with Crippen LogP contribution in [0.15, 0.2) is 39.5 Å². The molecular weight excluding hydrogens is 354 g/mol. The average molecular weight is 368 g/mol. The molecule has 0 saturated heterocycles. The molecule has 0 radical (unpaired) electrons. The monoisotopic (exact) mass is 367 g/mol. The Morgan fingerprint density at radius 2 is 2.05 bits per heavy atom. The van der Waals surface area contributed by atoms with Gasteiger partial charge in [-0.05, 0) is 40.0 Å². The van der Waals surface area contributed by atoms with Crippen molar-refractivity contribution in [3.05, 3.63) is 56.2 Å². The Morgan fingerprint density at radius 3 is 2.67 bits per heavy atom. The molecule has 0 aliphatic rings. The molecule has 2 rings (SSSR count). The van der Waals surface area contributed by atoms with Crippen molar-refractivity contribution in [1.82, 2.24) is 4.90 Å². The van der Waals surface area contributed by atoms with Gasteiger partial charge in [0.1, 0.15) is 0 Å². The summed E-state index contributed by atoms with van der Waals surface area (Å²) in [4.78, 5) is 24.9. The minimum Gasteiger partial charge on any atom is -0.478 e. The molecule has 0 unspecified atom stereocenters. The van der Waals surface area contributed by atoms with Gasteiger partial charge < -0.3 is 10.0 Å². The van der Waals surface area contributed by atoms with E-state index in [1.807, 2.05) is 0 Å². The van der Waals surface area contributed by atoms with Crippen LogP contribution in [0.3, 0.4) is 0 Å². The molecular formula is C15H14BrNO3S. The summed E-state index contributed by atoms with van der Waals surface area (Å²) in [5.74, 6) is -1.01. The highest BCUT2D eigenvalue weighted by Gasteiger charge is 2.15. The molecule has 0 bridgehead atoms. The molecule has 1 amide bonds. The van der Waals surface area contributed by atoms with Crippen molar-refractivity contribution in [2.24, 2.45) is 0 Å². The lowest BCUT2D eigenvalue weighted by Crippen LogP contribution is -2.28. The van der Waals surface area contributed by atoms with Crippen molar-refractivity contribution < 1.29 is 14.7 Å². The zero-order valence-electron chi connectivity index (χ0n) is 11.4. The molecule has 2 aromatic rings. The fourth-order valence-corrected chi connectivity index (χ4v) is 3.11. The lowest BCUT2D eigenvalue weighted by molar-refractivity contribution is 0.0695. The van der Waals surface area contributed by atoms with E-state index < -0.39 is 5.97 Å². The number of hydrogen-bond acceptors (Lipinski definition) is 3. The Kier molecular flexibility index (Phi) is 5.14. The highest BCUT2D eigenvalue weighted by molar-refractivity contribution is 9.11. The topological polar surface area (TPSA) is 57.6 Å². The zero-order chi connectivity index (χ0) is 15.4. The first-order valence-electron chi connectivity index (χ1n) is 6.29. The zero-order valence-corrected chi connectivity index (χ0v) is 13.8. The van der Waals surface area contributed by atoms with Crippen molar-refractivity contribution in [2.45, 2.75) is 6.42 Å². The molecule has 1 heterocycles. The van der Waals surface area contributed by atoms with E-state index in [-0.39, 0.29) is 11.5 Å². The number of thiophene rings is 1. The summed E-state index contributed by atoms with van der Waals surface area (Å²) in [5, 5.41) is 10.9. The van der Waals surface area contributed by atoms with Gasteiger partial charge in [0, 0.05) is 19.0 Å². The van der Waals surface area contributed by atoms with Gasteiger partial charge in [-0.2, -0.15) is 0 Å². The molecule has 0 atom stereocenters. The van der Waals surface area contributed by atoms with Crippen molar-refractivity contribution in [3.8, 4) is 0 Å². The van der Waals surface area contributed by atoms with Crippen LogP contribution in [0.4, 0.5) is 0 Å². The number of rotatable bonds is 5. The molecule has 110 valence electrons. The average Bonchev–Trinajstić information content (AvgIpc) is 2.90. The summed E-state index contributed by atoms with van der Waals surface area (Å²) < 4.78 is 0.912. The third kappa shape index (κ3) is 3.92. The summed E-state index contributed by atoms with van der Waals surface area (Å²) in [6, 6.07) is 8.65. The predicted octanol–water partition coefficient (Wildman–Crippen LogP) is 3.52. The molecule has 4 nitrogen and oxygen atoms in total. The molecule has 0 spiro atoms. The number of aromatic carboxylic acids is 1. The molecule has 1 N–H and O–H groups in total. The van der Waals surface area contributed by atoms with Crippen LogP contribution in [0, 0.1) is 0 Å². The first-order chi connectivity index (χ1) is 9.99. The minimum atomic E-state index is -0.943. The summed E-state index contributed by atoms with van der Waals surface area (Å²) >= 11 is 4.80. The Labute approximate surface area is 135 Å². The third-order valence-corrected chi connectivity index (χ3v) is 4.63. The summed E-state index contributed by atoms with van der Waals surface area (Å²) in [7, 11) is 1.72. The van der Waals surface area contributed by atoms with Crippen LogP contribution in [0.1, 0.15) is 26.3 Å². The van der Waals surface area contributed by atoms with Gasteiger partial charge in [-0.1, -0.05) is 18.2 Å². The second-order valence-corrected chi connectivity index (χ2v) is 6.87. The van der Waals surface area contributed by atoms with E-state index in [0.717, 1.165) is 9.35 Å². The normalized spacial score (nSPS) is 10.4. The lowest BCUT2D eigenvalue weighted by atomic mass is 10.0. The number of hydrogen-bond donors (Lipinski definition) is 1. The molecule has 21 heavy (non-hydrogen) atoms. The van der Waals surface area contributed by atoms with Gasteiger partial charge in [0.05, 0.1) is 14.9 Å². The summed E-state index contributed by atoms with van der Waals surface area (Å²) in [6.45, 7) is 0.469. The minimum absolute atomic E-state index is 0.0650. The van der Waals surface area contributed by atoms with E-state index in [1.165, 1.54) is 11.3 Å². The van der Waals surface area contributed by atoms with Crippen molar-refractivity contribution in [3.63, 3.8) is 0 Å². The molecule has 0 aliphatic heterocycles. The van der Waals surface area contributed by atoms with Gasteiger partial charge in [0.15, 0.2) is 0 Å². The van der Waals surface area contributed by atoms with Gasteiger partial charge in [0.25, 0.3) is 5.91 Å².